The summed E-state index contributed by atoms with van der Waals surface area (Å²) in [6.07, 6.45) is 8.92. The molecule has 4 rings (SSSR count). The molecule has 0 saturated heterocycles. The lowest BCUT2D eigenvalue weighted by molar-refractivity contribution is 0.0951. The summed E-state index contributed by atoms with van der Waals surface area (Å²) in [7, 11) is 0. The van der Waals surface area contributed by atoms with Gasteiger partial charge >= 0.3 is 0 Å². The summed E-state index contributed by atoms with van der Waals surface area (Å²) in [6.45, 7) is 3.01. The zero-order chi connectivity index (χ0) is 17.9. The van der Waals surface area contributed by atoms with Crippen molar-refractivity contribution in [3.05, 3.63) is 83.8 Å². The van der Waals surface area contributed by atoms with E-state index in [1.54, 1.807) is 35.5 Å². The first-order valence-electron chi connectivity index (χ1n) is 8.32. The van der Waals surface area contributed by atoms with Crippen LogP contribution in [-0.2, 0) is 13.1 Å². The van der Waals surface area contributed by atoms with Crippen molar-refractivity contribution in [1.82, 2.24) is 29.5 Å². The van der Waals surface area contributed by atoms with Gasteiger partial charge in [0.2, 0.25) is 0 Å². The molecule has 26 heavy (non-hydrogen) atoms. The molecular weight excluding hydrogens is 328 g/mol. The van der Waals surface area contributed by atoms with Crippen molar-refractivity contribution in [1.29, 1.82) is 0 Å². The van der Waals surface area contributed by atoms with E-state index in [9.17, 15) is 4.79 Å². The van der Waals surface area contributed by atoms with Crippen molar-refractivity contribution in [3.63, 3.8) is 0 Å². The Bertz CT molecular complexity index is 1050. The number of carbonyl (C=O) groups excluding carboxylic acids is 1. The Kier molecular flexibility index (Phi) is 4.18. The number of imidazole rings is 1. The van der Waals surface area contributed by atoms with Crippen LogP contribution in [0, 0.1) is 6.92 Å². The van der Waals surface area contributed by atoms with Gasteiger partial charge in [-0.1, -0.05) is 24.3 Å². The number of fused-ring (bicyclic) bond motifs is 1. The van der Waals surface area contributed by atoms with Gasteiger partial charge in [0.1, 0.15) is 5.56 Å². The summed E-state index contributed by atoms with van der Waals surface area (Å²) in [5.41, 5.74) is 3.94. The Labute approximate surface area is 150 Å². The highest BCUT2D eigenvalue weighted by Gasteiger charge is 2.17. The Morgan fingerprint density at radius 3 is 2.88 bits per heavy atom. The molecule has 3 heterocycles. The average Bonchev–Trinajstić information content (AvgIpc) is 3.26. The van der Waals surface area contributed by atoms with Gasteiger partial charge in [-0.25, -0.2) is 14.5 Å². The molecule has 1 N–H and O–H groups in total. The molecule has 4 aromatic rings. The molecule has 0 aliphatic rings. The molecule has 0 radical (unpaired) electrons. The van der Waals surface area contributed by atoms with Gasteiger partial charge in [0.05, 0.1) is 12.0 Å². The van der Waals surface area contributed by atoms with Crippen LogP contribution in [0.2, 0.25) is 0 Å². The first-order chi connectivity index (χ1) is 12.7. The zero-order valence-corrected chi connectivity index (χ0v) is 14.3. The van der Waals surface area contributed by atoms with Crippen LogP contribution in [0.15, 0.2) is 61.4 Å². The second kappa shape index (κ2) is 6.79. The highest BCUT2D eigenvalue weighted by molar-refractivity contribution is 6.00. The molecule has 1 amide bonds. The maximum absolute atomic E-state index is 12.6. The Balaban J connectivity index is 1.48. The summed E-state index contributed by atoms with van der Waals surface area (Å²) in [6, 6.07) is 9.92. The fraction of sp³-hybridized carbons (Fsp3) is 0.158. The van der Waals surface area contributed by atoms with Crippen molar-refractivity contribution in [3.8, 4) is 0 Å². The molecular formula is C19H18N6O. The highest BCUT2D eigenvalue weighted by Crippen LogP contribution is 2.13. The van der Waals surface area contributed by atoms with E-state index >= 15 is 0 Å². The Morgan fingerprint density at radius 2 is 2.04 bits per heavy atom. The van der Waals surface area contributed by atoms with Crippen molar-refractivity contribution in [2.24, 2.45) is 0 Å². The fourth-order valence-electron chi connectivity index (χ4n) is 2.96. The minimum atomic E-state index is -0.170. The van der Waals surface area contributed by atoms with E-state index < -0.39 is 0 Å². The van der Waals surface area contributed by atoms with Gasteiger partial charge in [0.15, 0.2) is 5.65 Å². The highest BCUT2D eigenvalue weighted by atomic mass is 16.1. The molecule has 0 unspecified atom stereocenters. The van der Waals surface area contributed by atoms with Gasteiger partial charge in [0, 0.05) is 37.9 Å². The van der Waals surface area contributed by atoms with Crippen molar-refractivity contribution < 1.29 is 4.79 Å². The summed E-state index contributed by atoms with van der Waals surface area (Å²) in [4.78, 5) is 21.0. The number of carbonyl (C=O) groups is 1. The summed E-state index contributed by atoms with van der Waals surface area (Å²) < 4.78 is 3.63. The molecule has 0 aliphatic heterocycles. The molecule has 7 heteroatoms. The number of hydrogen-bond acceptors (Lipinski definition) is 4. The maximum Gasteiger partial charge on any atom is 0.257 e. The molecule has 130 valence electrons. The molecule has 0 bridgehead atoms. The van der Waals surface area contributed by atoms with E-state index in [0.29, 0.717) is 23.4 Å². The van der Waals surface area contributed by atoms with Gasteiger partial charge < -0.3 is 9.88 Å². The first-order valence-corrected chi connectivity index (χ1v) is 8.32. The van der Waals surface area contributed by atoms with E-state index in [0.717, 1.165) is 17.7 Å². The van der Waals surface area contributed by atoms with Crippen molar-refractivity contribution in [2.75, 3.05) is 0 Å². The Hall–Kier alpha value is -3.48. The topological polar surface area (TPSA) is 77.1 Å². The van der Waals surface area contributed by atoms with Crippen LogP contribution in [0.4, 0.5) is 0 Å². The smallest absolute Gasteiger partial charge is 0.257 e. The number of amides is 1. The molecule has 1 aromatic carbocycles. The molecule has 0 spiro atoms. The van der Waals surface area contributed by atoms with E-state index in [-0.39, 0.29) is 5.91 Å². The average molecular weight is 346 g/mol. The lowest BCUT2D eigenvalue weighted by Crippen LogP contribution is -2.23. The van der Waals surface area contributed by atoms with Crippen LogP contribution < -0.4 is 5.32 Å². The second-order valence-corrected chi connectivity index (χ2v) is 6.09. The molecule has 3 aromatic heterocycles. The third kappa shape index (κ3) is 3.19. The number of nitrogens with zero attached hydrogens (tertiary/aromatic N) is 5. The van der Waals surface area contributed by atoms with Crippen molar-refractivity contribution >= 4 is 11.6 Å². The van der Waals surface area contributed by atoms with E-state index in [4.69, 9.17) is 0 Å². The monoisotopic (exact) mass is 346 g/mol. The predicted octanol–water partition coefficient (Wildman–Crippen LogP) is 2.21. The second-order valence-electron chi connectivity index (χ2n) is 6.09. The lowest BCUT2D eigenvalue weighted by Gasteiger charge is -2.08. The lowest BCUT2D eigenvalue weighted by atomic mass is 10.1. The first kappa shape index (κ1) is 16.0. The standard InChI is InChI=1S/C19H18N6O/c1-14-17(18-21-6-3-8-25(18)23-14)19(26)22-11-15-4-2-5-16(10-15)12-24-9-7-20-13-24/h2-10,13H,11-12H2,1H3,(H,22,26). The van der Waals surface area contributed by atoms with Crippen LogP contribution in [0.3, 0.4) is 0 Å². The minimum absolute atomic E-state index is 0.170. The number of hydrogen-bond donors (Lipinski definition) is 1. The number of rotatable bonds is 5. The van der Waals surface area contributed by atoms with Gasteiger partial charge in [-0.15, -0.1) is 0 Å². The maximum atomic E-state index is 12.6. The number of aromatic nitrogens is 5. The summed E-state index contributed by atoms with van der Waals surface area (Å²) in [5, 5.41) is 7.30. The normalized spacial score (nSPS) is 11.0. The Morgan fingerprint density at radius 1 is 1.15 bits per heavy atom. The fourth-order valence-corrected chi connectivity index (χ4v) is 2.96. The van der Waals surface area contributed by atoms with E-state index in [1.165, 1.54) is 0 Å². The van der Waals surface area contributed by atoms with Gasteiger partial charge in [-0.05, 0) is 24.1 Å². The van der Waals surface area contributed by atoms with E-state index in [1.807, 2.05) is 29.8 Å². The molecule has 0 saturated carbocycles. The number of benzene rings is 1. The number of nitrogens with one attached hydrogen (secondary N) is 1. The third-order valence-electron chi connectivity index (χ3n) is 4.17. The zero-order valence-electron chi connectivity index (χ0n) is 14.3. The molecule has 7 nitrogen and oxygen atoms in total. The van der Waals surface area contributed by atoms with Crippen LogP contribution in [0.25, 0.3) is 5.65 Å². The third-order valence-corrected chi connectivity index (χ3v) is 4.17. The predicted molar refractivity (Wildman–Crippen MR) is 96.7 cm³/mol. The van der Waals surface area contributed by atoms with E-state index in [2.05, 4.69) is 32.5 Å². The minimum Gasteiger partial charge on any atom is -0.348 e. The van der Waals surface area contributed by atoms with Crippen LogP contribution in [0.5, 0.6) is 0 Å². The van der Waals surface area contributed by atoms with Crippen LogP contribution in [0.1, 0.15) is 27.2 Å². The van der Waals surface area contributed by atoms with Gasteiger partial charge in [-0.3, -0.25) is 4.79 Å². The summed E-state index contributed by atoms with van der Waals surface area (Å²) >= 11 is 0. The quantitative estimate of drug-likeness (QED) is 0.601. The van der Waals surface area contributed by atoms with Gasteiger partial charge in [0.25, 0.3) is 5.91 Å². The van der Waals surface area contributed by atoms with Crippen molar-refractivity contribution in [2.45, 2.75) is 20.0 Å². The number of aryl methyl sites for hydroxylation is 1. The molecule has 0 atom stereocenters. The largest absolute Gasteiger partial charge is 0.348 e. The van der Waals surface area contributed by atoms with Gasteiger partial charge in [-0.2, -0.15) is 5.10 Å². The van der Waals surface area contributed by atoms with Crippen LogP contribution >= 0.6 is 0 Å². The van der Waals surface area contributed by atoms with Crippen LogP contribution in [-0.4, -0.2) is 30.1 Å². The summed E-state index contributed by atoms with van der Waals surface area (Å²) in [5.74, 6) is -0.170. The molecule has 0 aliphatic carbocycles. The SMILES string of the molecule is Cc1nn2cccnc2c1C(=O)NCc1cccc(Cn2ccnc2)c1. The molecule has 0 fully saturated rings.